The lowest BCUT2D eigenvalue weighted by atomic mass is 9.66. The van der Waals surface area contributed by atoms with E-state index < -0.39 is 5.60 Å². The molecule has 2 fully saturated rings. The molecule has 4 rings (SSSR count). The molecule has 5 heteroatoms. The molecule has 4 nitrogen and oxygen atoms in total. The van der Waals surface area contributed by atoms with Crippen molar-refractivity contribution in [1.82, 2.24) is 4.90 Å². The van der Waals surface area contributed by atoms with Crippen LogP contribution < -0.4 is 5.32 Å². The number of hydrogen-bond donors (Lipinski definition) is 2. The van der Waals surface area contributed by atoms with E-state index in [1.54, 1.807) is 12.1 Å². The van der Waals surface area contributed by atoms with E-state index in [1.807, 2.05) is 26.0 Å². The van der Waals surface area contributed by atoms with E-state index in [9.17, 15) is 14.3 Å². The highest BCUT2D eigenvalue weighted by molar-refractivity contribution is 5.93. The van der Waals surface area contributed by atoms with Gasteiger partial charge in [-0.15, -0.1) is 0 Å². The van der Waals surface area contributed by atoms with Crippen molar-refractivity contribution >= 4 is 11.6 Å². The number of rotatable bonds is 4. The second kappa shape index (κ2) is 8.48. The van der Waals surface area contributed by atoms with Crippen LogP contribution in [-0.4, -0.2) is 34.6 Å². The Morgan fingerprint density at radius 1 is 1.17 bits per heavy atom. The summed E-state index contributed by atoms with van der Waals surface area (Å²) in [6.07, 6.45) is 4.52. The molecule has 0 bridgehead atoms. The number of benzene rings is 2. The zero-order valence-electron chi connectivity index (χ0n) is 17.8. The molecule has 1 heterocycles. The molecule has 2 aromatic rings. The highest BCUT2D eigenvalue weighted by Crippen LogP contribution is 2.49. The molecular formula is C25H31FN2O2. The first kappa shape index (κ1) is 21.0. The summed E-state index contributed by atoms with van der Waals surface area (Å²) >= 11 is 0. The smallest absolute Gasteiger partial charge is 0.238 e. The Labute approximate surface area is 178 Å². The Balaban J connectivity index is 1.57. The van der Waals surface area contributed by atoms with Crippen molar-refractivity contribution in [2.45, 2.75) is 57.6 Å². The summed E-state index contributed by atoms with van der Waals surface area (Å²) in [5.74, 6) is -0.276. The van der Waals surface area contributed by atoms with Crippen molar-refractivity contribution in [1.29, 1.82) is 0 Å². The lowest BCUT2D eigenvalue weighted by Gasteiger charge is -2.52. The fourth-order valence-corrected chi connectivity index (χ4v) is 5.35. The zero-order chi connectivity index (χ0) is 21.3. The molecule has 0 radical (unpaired) electrons. The average molecular weight is 411 g/mol. The van der Waals surface area contributed by atoms with Crippen LogP contribution in [0.15, 0.2) is 42.5 Å². The van der Waals surface area contributed by atoms with Crippen LogP contribution in [0, 0.1) is 25.6 Å². The van der Waals surface area contributed by atoms with E-state index in [-0.39, 0.29) is 30.2 Å². The van der Waals surface area contributed by atoms with Crippen LogP contribution in [0.1, 0.15) is 54.8 Å². The molecule has 1 amide bonds. The maximum Gasteiger partial charge on any atom is 0.238 e. The predicted molar refractivity (Wildman–Crippen MR) is 117 cm³/mol. The van der Waals surface area contributed by atoms with Crippen molar-refractivity contribution in [3.05, 3.63) is 65.0 Å². The van der Waals surface area contributed by atoms with Gasteiger partial charge in [0.05, 0.1) is 12.1 Å². The lowest BCUT2D eigenvalue weighted by Crippen LogP contribution is -2.56. The molecule has 2 aromatic carbocycles. The number of likely N-dealkylation sites (tertiary alicyclic amines) is 1. The zero-order valence-corrected chi connectivity index (χ0v) is 17.8. The number of carbonyl (C=O) groups is 1. The third kappa shape index (κ3) is 4.28. The van der Waals surface area contributed by atoms with Gasteiger partial charge in [0.1, 0.15) is 5.82 Å². The Kier molecular flexibility index (Phi) is 5.94. The second-order valence-corrected chi connectivity index (χ2v) is 9.04. The van der Waals surface area contributed by atoms with Gasteiger partial charge in [-0.05, 0) is 62.4 Å². The van der Waals surface area contributed by atoms with Crippen molar-refractivity contribution in [3.63, 3.8) is 0 Å². The molecule has 2 N–H and O–H groups in total. The van der Waals surface area contributed by atoms with Gasteiger partial charge in [0, 0.05) is 24.2 Å². The van der Waals surface area contributed by atoms with Crippen LogP contribution in [0.2, 0.25) is 0 Å². The van der Waals surface area contributed by atoms with Crippen molar-refractivity contribution < 1.29 is 14.3 Å². The van der Waals surface area contributed by atoms with Crippen LogP contribution in [-0.2, 0) is 4.79 Å². The van der Waals surface area contributed by atoms with E-state index in [0.717, 1.165) is 48.1 Å². The summed E-state index contributed by atoms with van der Waals surface area (Å²) in [4.78, 5) is 15.1. The Bertz CT molecular complexity index is 914. The minimum absolute atomic E-state index is 0.0550. The van der Waals surface area contributed by atoms with Crippen molar-refractivity contribution in [2.24, 2.45) is 5.92 Å². The topological polar surface area (TPSA) is 52.6 Å². The number of aliphatic hydroxyl groups is 1. The van der Waals surface area contributed by atoms with Gasteiger partial charge in [-0.2, -0.15) is 0 Å². The number of amides is 1. The minimum Gasteiger partial charge on any atom is -0.389 e. The van der Waals surface area contributed by atoms with E-state index in [4.69, 9.17) is 0 Å². The Morgan fingerprint density at radius 3 is 2.67 bits per heavy atom. The first-order valence-corrected chi connectivity index (χ1v) is 10.9. The SMILES string of the molecule is Cc1ccc(NC(=O)CN2CC[C@]3(O)CCCC[C@@H]3[C@H]2c2ccc(F)cc2)c(C)c1. The van der Waals surface area contributed by atoms with Crippen molar-refractivity contribution in [3.8, 4) is 0 Å². The third-order valence-electron chi connectivity index (χ3n) is 6.89. The fraction of sp³-hybridized carbons (Fsp3) is 0.480. The van der Waals surface area contributed by atoms with Gasteiger partial charge in [0.2, 0.25) is 5.91 Å². The number of nitrogens with zero attached hydrogens (tertiary/aromatic N) is 1. The van der Waals surface area contributed by atoms with E-state index in [0.29, 0.717) is 13.0 Å². The molecule has 2 aliphatic rings. The summed E-state index contributed by atoms with van der Waals surface area (Å²) in [5.41, 5.74) is 3.31. The minimum atomic E-state index is -0.697. The van der Waals surface area contributed by atoms with Crippen molar-refractivity contribution in [2.75, 3.05) is 18.4 Å². The highest BCUT2D eigenvalue weighted by Gasteiger charge is 2.49. The molecule has 1 aliphatic heterocycles. The summed E-state index contributed by atoms with van der Waals surface area (Å²) in [5, 5.41) is 14.4. The lowest BCUT2D eigenvalue weighted by molar-refractivity contribution is -0.135. The molecule has 0 aromatic heterocycles. The van der Waals surface area contributed by atoms with Crippen LogP contribution in [0.5, 0.6) is 0 Å². The van der Waals surface area contributed by atoms with Gasteiger partial charge in [0.25, 0.3) is 0 Å². The number of nitrogens with one attached hydrogen (secondary N) is 1. The van der Waals surface area contributed by atoms with E-state index in [2.05, 4.69) is 16.3 Å². The Hall–Kier alpha value is -2.24. The van der Waals surface area contributed by atoms with Crippen LogP contribution >= 0.6 is 0 Å². The molecule has 30 heavy (non-hydrogen) atoms. The highest BCUT2D eigenvalue weighted by atomic mass is 19.1. The first-order valence-electron chi connectivity index (χ1n) is 10.9. The number of anilines is 1. The molecular weight excluding hydrogens is 379 g/mol. The monoisotopic (exact) mass is 410 g/mol. The fourth-order valence-electron chi connectivity index (χ4n) is 5.35. The number of fused-ring (bicyclic) bond motifs is 1. The normalized spacial score (nSPS) is 26.8. The van der Waals surface area contributed by atoms with Crippen LogP contribution in [0.4, 0.5) is 10.1 Å². The quantitative estimate of drug-likeness (QED) is 0.765. The number of hydrogen-bond acceptors (Lipinski definition) is 3. The Morgan fingerprint density at radius 2 is 1.93 bits per heavy atom. The molecule has 0 unspecified atom stereocenters. The average Bonchev–Trinajstić information content (AvgIpc) is 2.71. The largest absolute Gasteiger partial charge is 0.389 e. The van der Waals surface area contributed by atoms with E-state index >= 15 is 0 Å². The molecule has 1 aliphatic carbocycles. The third-order valence-corrected chi connectivity index (χ3v) is 6.89. The van der Waals surface area contributed by atoms with Gasteiger partial charge < -0.3 is 10.4 Å². The van der Waals surface area contributed by atoms with E-state index in [1.165, 1.54) is 12.1 Å². The summed E-state index contributed by atoms with van der Waals surface area (Å²) in [6.45, 7) is 4.93. The molecule has 1 saturated heterocycles. The van der Waals surface area contributed by atoms with Gasteiger partial charge in [0.15, 0.2) is 0 Å². The summed E-state index contributed by atoms with van der Waals surface area (Å²) < 4.78 is 13.6. The summed E-state index contributed by atoms with van der Waals surface area (Å²) in [7, 11) is 0. The number of piperidine rings is 1. The number of halogens is 1. The molecule has 3 atom stereocenters. The van der Waals surface area contributed by atoms with Crippen LogP contribution in [0.3, 0.4) is 0 Å². The summed E-state index contributed by atoms with van der Waals surface area (Å²) in [6, 6.07) is 12.4. The van der Waals surface area contributed by atoms with Gasteiger partial charge in [-0.1, -0.05) is 42.7 Å². The standard InChI is InChI=1S/C25H31FN2O2/c1-17-6-11-22(18(2)15-17)27-23(29)16-28-14-13-25(30)12-4-3-5-21(25)24(28)19-7-9-20(26)10-8-19/h6-11,15,21,24,30H,3-5,12-14,16H2,1-2H3,(H,27,29)/t21-,24-,25-/m1/s1. The maximum atomic E-state index is 13.6. The van der Waals surface area contributed by atoms with Gasteiger partial charge in [-0.3, -0.25) is 9.69 Å². The van der Waals surface area contributed by atoms with Gasteiger partial charge in [-0.25, -0.2) is 4.39 Å². The van der Waals surface area contributed by atoms with Crippen LogP contribution in [0.25, 0.3) is 0 Å². The predicted octanol–water partition coefficient (Wildman–Crippen LogP) is 4.75. The van der Waals surface area contributed by atoms with Gasteiger partial charge >= 0.3 is 0 Å². The molecule has 0 spiro atoms. The first-order chi connectivity index (χ1) is 14.4. The number of aryl methyl sites for hydroxylation is 2. The second-order valence-electron chi connectivity index (χ2n) is 9.04. The number of carbonyl (C=O) groups excluding carboxylic acids is 1. The maximum absolute atomic E-state index is 13.6. The molecule has 160 valence electrons. The molecule has 1 saturated carbocycles.